The minimum absolute atomic E-state index is 0. The first-order chi connectivity index (χ1) is 12.1. The smallest absolute Gasteiger partial charge is 0.270 e. The summed E-state index contributed by atoms with van der Waals surface area (Å²) in [4.78, 5) is 23.5. The van der Waals surface area contributed by atoms with E-state index in [1.165, 1.54) is 12.1 Å². The summed E-state index contributed by atoms with van der Waals surface area (Å²) in [7, 11) is 0. The first-order valence-electron chi connectivity index (χ1n) is 8.00. The molecule has 0 amide bonds. The lowest BCUT2D eigenvalue weighted by Gasteiger charge is -2.07. The van der Waals surface area contributed by atoms with Gasteiger partial charge in [0.15, 0.2) is 5.78 Å². The van der Waals surface area contributed by atoms with Crippen LogP contribution in [0.4, 0.5) is 5.69 Å². The van der Waals surface area contributed by atoms with Gasteiger partial charge in [-0.05, 0) is 13.0 Å². The second-order valence-electron chi connectivity index (χ2n) is 5.71. The highest BCUT2D eigenvalue weighted by molar-refractivity contribution is 6.10. The Morgan fingerprint density at radius 1 is 1.19 bits per heavy atom. The lowest BCUT2D eigenvalue weighted by molar-refractivity contribution is -0.687. The number of ketones is 1. The maximum atomic E-state index is 12.9. The van der Waals surface area contributed by atoms with Gasteiger partial charge in [0.25, 0.3) is 5.69 Å². The summed E-state index contributed by atoms with van der Waals surface area (Å²) in [5.74, 6) is -0.213. The molecular weight excluding hydrogens is 398 g/mol. The number of benzene rings is 2. The second kappa shape index (κ2) is 8.53. The molecule has 0 spiro atoms. The van der Waals surface area contributed by atoms with Crippen molar-refractivity contribution in [3.05, 3.63) is 94.1 Å². The third-order valence-electron chi connectivity index (χ3n) is 4.05. The van der Waals surface area contributed by atoms with E-state index in [1.807, 2.05) is 40.8 Å². The van der Waals surface area contributed by atoms with E-state index in [1.54, 1.807) is 30.3 Å². The van der Waals surface area contributed by atoms with Gasteiger partial charge >= 0.3 is 0 Å². The number of carbonyl (C=O) groups excluding carboxylic acids is 1. The normalized spacial score (nSPS) is 10.2. The molecule has 0 aliphatic heterocycles. The number of rotatable bonds is 6. The Bertz CT molecular complexity index is 923. The van der Waals surface area contributed by atoms with Gasteiger partial charge in [-0.25, -0.2) is 9.13 Å². The number of nitro groups is 1. The zero-order valence-electron chi connectivity index (χ0n) is 14.2. The number of non-ortho nitro benzene ring substituents is 1. The summed E-state index contributed by atoms with van der Waals surface area (Å²) in [6.07, 6.45) is 5.81. The van der Waals surface area contributed by atoms with Crippen LogP contribution in [0.2, 0.25) is 0 Å². The molecule has 0 fully saturated rings. The molecule has 3 aromatic rings. The van der Waals surface area contributed by atoms with Crippen LogP contribution in [0.1, 0.15) is 28.4 Å². The minimum Gasteiger partial charge on any atom is -1.00 e. The number of imidazole rings is 1. The minimum atomic E-state index is -0.480. The summed E-state index contributed by atoms with van der Waals surface area (Å²) in [5, 5.41) is 11.1. The molecule has 7 heteroatoms. The molecule has 26 heavy (non-hydrogen) atoms. The molecule has 0 aliphatic rings. The average molecular weight is 416 g/mol. The van der Waals surface area contributed by atoms with Crippen molar-refractivity contribution in [1.29, 1.82) is 0 Å². The van der Waals surface area contributed by atoms with Gasteiger partial charge in [-0.3, -0.25) is 14.9 Å². The van der Waals surface area contributed by atoms with Crippen molar-refractivity contribution in [3.8, 4) is 0 Å². The van der Waals surface area contributed by atoms with Gasteiger partial charge in [-0.1, -0.05) is 30.3 Å². The molecule has 3 rings (SSSR count). The standard InChI is InChI=1S/C19H18N3O3.BrH/c1-2-20-10-11-21(14-20)13-16-8-9-17(22(24)25)12-18(16)19(23)15-6-4-3-5-7-15;/h3-12,14H,2,13H2,1H3;1H/q+1;/p-1. The number of carbonyl (C=O) groups is 1. The van der Waals surface area contributed by atoms with E-state index in [4.69, 9.17) is 0 Å². The van der Waals surface area contributed by atoms with Crippen LogP contribution in [0.5, 0.6) is 0 Å². The monoisotopic (exact) mass is 415 g/mol. The Balaban J connectivity index is 0.00000243. The quantitative estimate of drug-likeness (QED) is 0.246. The van der Waals surface area contributed by atoms with Crippen molar-refractivity contribution in [1.82, 2.24) is 4.57 Å². The zero-order valence-corrected chi connectivity index (χ0v) is 15.8. The maximum Gasteiger partial charge on any atom is 0.270 e. The Labute approximate surface area is 161 Å². The molecule has 2 aromatic carbocycles. The summed E-state index contributed by atoms with van der Waals surface area (Å²) in [6, 6.07) is 13.3. The topological polar surface area (TPSA) is 69.0 Å². The van der Waals surface area contributed by atoms with E-state index in [0.29, 0.717) is 17.7 Å². The lowest BCUT2D eigenvalue weighted by atomic mass is 9.97. The van der Waals surface area contributed by atoms with Crippen LogP contribution in [-0.2, 0) is 13.1 Å². The number of nitrogens with zero attached hydrogens (tertiary/aromatic N) is 3. The first-order valence-corrected chi connectivity index (χ1v) is 8.00. The Morgan fingerprint density at radius 2 is 1.92 bits per heavy atom. The Hall–Kier alpha value is -2.80. The summed E-state index contributed by atoms with van der Waals surface area (Å²) < 4.78 is 3.97. The number of aromatic nitrogens is 2. The maximum absolute atomic E-state index is 12.9. The number of aryl methyl sites for hydroxylation is 1. The van der Waals surface area contributed by atoms with Crippen molar-refractivity contribution in [2.75, 3.05) is 0 Å². The van der Waals surface area contributed by atoms with E-state index >= 15 is 0 Å². The molecule has 0 saturated heterocycles. The van der Waals surface area contributed by atoms with Crippen LogP contribution in [-0.4, -0.2) is 15.3 Å². The molecule has 134 valence electrons. The molecule has 1 heterocycles. The van der Waals surface area contributed by atoms with Crippen molar-refractivity contribution < 1.29 is 31.3 Å². The summed E-state index contributed by atoms with van der Waals surface area (Å²) in [5.41, 5.74) is 1.54. The summed E-state index contributed by atoms with van der Waals surface area (Å²) in [6.45, 7) is 3.36. The molecule has 0 unspecified atom stereocenters. The number of hydrogen-bond donors (Lipinski definition) is 0. The molecule has 0 atom stereocenters. The molecule has 0 saturated carbocycles. The van der Waals surface area contributed by atoms with Crippen molar-refractivity contribution in [3.63, 3.8) is 0 Å². The predicted molar refractivity (Wildman–Crippen MR) is 92.4 cm³/mol. The molecule has 0 bridgehead atoms. The van der Waals surface area contributed by atoms with Gasteiger partial charge in [-0.15, -0.1) is 0 Å². The van der Waals surface area contributed by atoms with Gasteiger partial charge in [0.1, 0.15) is 18.9 Å². The van der Waals surface area contributed by atoms with Crippen LogP contribution in [0.3, 0.4) is 0 Å². The van der Waals surface area contributed by atoms with Gasteiger partial charge in [0, 0.05) is 28.8 Å². The predicted octanol–water partition coefficient (Wildman–Crippen LogP) is -0.0130. The van der Waals surface area contributed by atoms with Gasteiger partial charge in [-0.2, -0.15) is 0 Å². The fourth-order valence-corrected chi connectivity index (χ4v) is 2.69. The van der Waals surface area contributed by atoms with E-state index in [2.05, 4.69) is 0 Å². The van der Waals surface area contributed by atoms with Gasteiger partial charge in [0.2, 0.25) is 6.33 Å². The third-order valence-corrected chi connectivity index (χ3v) is 4.05. The highest BCUT2D eigenvalue weighted by atomic mass is 79.9. The summed E-state index contributed by atoms with van der Waals surface area (Å²) >= 11 is 0. The molecule has 6 nitrogen and oxygen atoms in total. The SMILES string of the molecule is CCn1cc[n+](Cc2ccc([N+](=O)[O-])cc2C(=O)c2ccccc2)c1.[Br-]. The molecule has 0 aliphatic carbocycles. The zero-order chi connectivity index (χ0) is 17.8. The van der Waals surface area contributed by atoms with E-state index in [0.717, 1.165) is 12.1 Å². The molecule has 1 aromatic heterocycles. The van der Waals surface area contributed by atoms with Crippen LogP contribution < -0.4 is 21.5 Å². The van der Waals surface area contributed by atoms with Crippen molar-refractivity contribution >= 4 is 11.5 Å². The van der Waals surface area contributed by atoms with E-state index in [9.17, 15) is 14.9 Å². The van der Waals surface area contributed by atoms with Gasteiger partial charge in [0.05, 0.1) is 11.5 Å². The largest absolute Gasteiger partial charge is 1.00 e. The van der Waals surface area contributed by atoms with E-state index in [-0.39, 0.29) is 28.5 Å². The lowest BCUT2D eigenvalue weighted by Crippen LogP contribution is -3.00. The van der Waals surface area contributed by atoms with Crippen molar-refractivity contribution in [2.45, 2.75) is 20.0 Å². The van der Waals surface area contributed by atoms with Gasteiger partial charge < -0.3 is 17.0 Å². The highest BCUT2D eigenvalue weighted by Gasteiger charge is 2.19. The fourth-order valence-electron chi connectivity index (χ4n) is 2.69. The molecule has 0 radical (unpaired) electrons. The Morgan fingerprint density at radius 3 is 2.54 bits per heavy atom. The average Bonchev–Trinajstić information content (AvgIpc) is 3.09. The number of hydrogen-bond acceptors (Lipinski definition) is 3. The van der Waals surface area contributed by atoms with E-state index < -0.39 is 4.92 Å². The number of halogens is 1. The second-order valence-corrected chi connectivity index (χ2v) is 5.71. The highest BCUT2D eigenvalue weighted by Crippen LogP contribution is 2.21. The molecule has 0 N–H and O–H groups in total. The van der Waals surface area contributed by atoms with Crippen LogP contribution >= 0.6 is 0 Å². The van der Waals surface area contributed by atoms with Crippen LogP contribution in [0, 0.1) is 10.1 Å². The van der Waals surface area contributed by atoms with Crippen LogP contribution in [0.25, 0.3) is 0 Å². The van der Waals surface area contributed by atoms with Crippen molar-refractivity contribution in [2.24, 2.45) is 0 Å². The first kappa shape index (κ1) is 19.5. The Kier molecular flexibility index (Phi) is 6.41. The van der Waals surface area contributed by atoms with Crippen LogP contribution in [0.15, 0.2) is 67.3 Å². The fraction of sp³-hybridized carbons (Fsp3) is 0.158. The molecular formula is C19H18BrN3O3. The number of nitro benzene ring substituents is 1. The third kappa shape index (κ3) is 4.23.